The van der Waals surface area contributed by atoms with E-state index in [0.717, 1.165) is 35.8 Å². The molecule has 0 spiro atoms. The van der Waals surface area contributed by atoms with E-state index in [1.807, 2.05) is 18.2 Å². The zero-order valence-corrected chi connectivity index (χ0v) is 13.1. The first-order chi connectivity index (χ1) is 10.2. The molecule has 4 heteroatoms. The monoisotopic (exact) mass is 300 g/mol. The largest absolute Gasteiger partial charge is 0.351 e. The highest BCUT2D eigenvalue weighted by atomic mass is 32.1. The fraction of sp³-hybridized carbons (Fsp3) is 0.412. The molecule has 0 bridgehead atoms. The van der Waals surface area contributed by atoms with Gasteiger partial charge in [0.2, 0.25) is 0 Å². The van der Waals surface area contributed by atoms with Crippen molar-refractivity contribution in [1.29, 1.82) is 0 Å². The number of rotatable bonds is 4. The molecule has 0 fully saturated rings. The summed E-state index contributed by atoms with van der Waals surface area (Å²) in [5, 5.41) is 3.00. The van der Waals surface area contributed by atoms with Gasteiger partial charge in [-0.25, -0.2) is 0 Å². The van der Waals surface area contributed by atoms with Gasteiger partial charge in [-0.3, -0.25) is 9.78 Å². The van der Waals surface area contributed by atoms with Crippen LogP contribution >= 0.6 is 11.3 Å². The predicted octanol–water partition coefficient (Wildman–Crippen LogP) is 3.24. The fourth-order valence-corrected chi connectivity index (χ4v) is 3.88. The molecule has 1 aliphatic rings. The second-order valence-corrected chi connectivity index (χ2v) is 6.87. The molecule has 1 aliphatic carbocycles. The third kappa shape index (κ3) is 3.50. The van der Waals surface area contributed by atoms with Crippen LogP contribution in [0.15, 0.2) is 30.5 Å². The Kier molecular flexibility index (Phi) is 4.34. The van der Waals surface area contributed by atoms with Gasteiger partial charge in [-0.15, -0.1) is 11.3 Å². The van der Waals surface area contributed by atoms with Crippen molar-refractivity contribution in [3.63, 3.8) is 0 Å². The third-order valence-electron chi connectivity index (χ3n) is 3.95. The van der Waals surface area contributed by atoms with E-state index in [0.29, 0.717) is 6.54 Å². The van der Waals surface area contributed by atoms with E-state index in [1.54, 1.807) is 17.5 Å². The molecule has 3 rings (SSSR count). The highest BCUT2D eigenvalue weighted by Gasteiger charge is 2.20. The maximum Gasteiger partial charge on any atom is 0.261 e. The van der Waals surface area contributed by atoms with Crippen LogP contribution in [0.4, 0.5) is 0 Å². The van der Waals surface area contributed by atoms with E-state index in [4.69, 9.17) is 0 Å². The van der Waals surface area contributed by atoms with Crippen molar-refractivity contribution < 1.29 is 4.79 Å². The minimum Gasteiger partial charge on any atom is -0.351 e. The molecule has 0 unspecified atom stereocenters. The molecule has 0 saturated carbocycles. The van der Waals surface area contributed by atoms with Gasteiger partial charge in [0.1, 0.15) is 0 Å². The summed E-state index contributed by atoms with van der Waals surface area (Å²) in [6.45, 7) is 2.92. The second kappa shape index (κ2) is 6.39. The number of hydrogen-bond acceptors (Lipinski definition) is 3. The first-order valence-corrected chi connectivity index (χ1v) is 8.33. The van der Waals surface area contributed by atoms with Crippen molar-refractivity contribution in [2.75, 3.05) is 6.54 Å². The van der Waals surface area contributed by atoms with Crippen LogP contribution in [-0.2, 0) is 19.3 Å². The number of fused-ring (bicyclic) bond motifs is 1. The molecule has 3 nitrogen and oxygen atoms in total. The molecule has 1 N–H and O–H groups in total. The number of carbonyl (C=O) groups excluding carboxylic acids is 1. The summed E-state index contributed by atoms with van der Waals surface area (Å²) >= 11 is 1.66. The molecule has 0 aliphatic heterocycles. The van der Waals surface area contributed by atoms with Crippen LogP contribution in [0.5, 0.6) is 0 Å². The minimum absolute atomic E-state index is 0.0537. The molecule has 2 aromatic rings. The number of nitrogens with one attached hydrogen (secondary N) is 1. The molecule has 1 amide bonds. The molecular formula is C17H20N2OS. The van der Waals surface area contributed by atoms with E-state index in [9.17, 15) is 4.79 Å². The van der Waals surface area contributed by atoms with Crippen LogP contribution in [-0.4, -0.2) is 17.4 Å². The molecule has 0 radical (unpaired) electrons. The molecule has 2 heterocycles. The number of hydrogen-bond donors (Lipinski definition) is 1. The van der Waals surface area contributed by atoms with Crippen molar-refractivity contribution in [2.45, 2.75) is 32.6 Å². The smallest absolute Gasteiger partial charge is 0.261 e. The summed E-state index contributed by atoms with van der Waals surface area (Å²) in [5.41, 5.74) is 2.39. The Bertz CT molecular complexity index is 621. The van der Waals surface area contributed by atoms with Crippen LogP contribution < -0.4 is 5.32 Å². The zero-order chi connectivity index (χ0) is 14.7. The Balaban J connectivity index is 1.56. The van der Waals surface area contributed by atoms with Crippen molar-refractivity contribution in [3.8, 4) is 0 Å². The molecule has 0 saturated heterocycles. The molecule has 1 atom stereocenters. The van der Waals surface area contributed by atoms with Crippen LogP contribution in [0.3, 0.4) is 0 Å². The molecule has 21 heavy (non-hydrogen) atoms. The topological polar surface area (TPSA) is 42.0 Å². The summed E-state index contributed by atoms with van der Waals surface area (Å²) in [6, 6.07) is 7.95. The normalized spacial score (nSPS) is 17.3. The van der Waals surface area contributed by atoms with E-state index in [1.165, 1.54) is 16.9 Å². The summed E-state index contributed by atoms with van der Waals surface area (Å²) in [6.07, 6.45) is 6.05. The summed E-state index contributed by atoms with van der Waals surface area (Å²) in [7, 11) is 0. The fourth-order valence-electron chi connectivity index (χ4n) is 2.75. The highest BCUT2D eigenvalue weighted by Crippen LogP contribution is 2.32. The Morgan fingerprint density at radius 3 is 3.19 bits per heavy atom. The van der Waals surface area contributed by atoms with Gasteiger partial charge in [0, 0.05) is 29.7 Å². The number of aryl methyl sites for hydroxylation is 1. The van der Waals surface area contributed by atoms with Gasteiger partial charge in [-0.05, 0) is 48.9 Å². The lowest BCUT2D eigenvalue weighted by Crippen LogP contribution is -2.25. The SMILES string of the molecule is C[C@H]1CCc2sc(C(=O)NCCc3ccccn3)cc2C1. The zero-order valence-electron chi connectivity index (χ0n) is 12.3. The first kappa shape index (κ1) is 14.3. The van der Waals surface area contributed by atoms with Gasteiger partial charge in [0.15, 0.2) is 0 Å². The van der Waals surface area contributed by atoms with Gasteiger partial charge in [0.25, 0.3) is 5.91 Å². The van der Waals surface area contributed by atoms with Crippen LogP contribution in [0.2, 0.25) is 0 Å². The Morgan fingerprint density at radius 2 is 2.38 bits per heavy atom. The van der Waals surface area contributed by atoms with E-state index >= 15 is 0 Å². The Hall–Kier alpha value is -1.68. The quantitative estimate of drug-likeness (QED) is 0.942. The van der Waals surface area contributed by atoms with Crippen molar-refractivity contribution in [2.24, 2.45) is 5.92 Å². The average molecular weight is 300 g/mol. The van der Waals surface area contributed by atoms with Gasteiger partial charge in [-0.1, -0.05) is 13.0 Å². The summed E-state index contributed by atoms with van der Waals surface area (Å²) in [4.78, 5) is 18.7. The van der Waals surface area contributed by atoms with Crippen molar-refractivity contribution in [1.82, 2.24) is 10.3 Å². The number of aromatic nitrogens is 1. The van der Waals surface area contributed by atoms with E-state index in [-0.39, 0.29) is 5.91 Å². The molecule has 0 aromatic carbocycles. The maximum atomic E-state index is 12.2. The summed E-state index contributed by atoms with van der Waals surface area (Å²) in [5.74, 6) is 0.796. The lowest BCUT2D eigenvalue weighted by Gasteiger charge is -2.16. The number of nitrogens with zero attached hydrogens (tertiary/aromatic N) is 1. The molecule has 110 valence electrons. The number of amides is 1. The lowest BCUT2D eigenvalue weighted by atomic mass is 9.90. The molecule has 2 aromatic heterocycles. The number of thiophene rings is 1. The van der Waals surface area contributed by atoms with Gasteiger partial charge >= 0.3 is 0 Å². The van der Waals surface area contributed by atoms with Crippen LogP contribution in [0.25, 0.3) is 0 Å². The van der Waals surface area contributed by atoms with E-state index in [2.05, 4.69) is 23.3 Å². The van der Waals surface area contributed by atoms with Gasteiger partial charge in [0.05, 0.1) is 4.88 Å². The predicted molar refractivity (Wildman–Crippen MR) is 85.8 cm³/mol. The summed E-state index contributed by atoms with van der Waals surface area (Å²) < 4.78 is 0. The first-order valence-electron chi connectivity index (χ1n) is 7.52. The maximum absolute atomic E-state index is 12.2. The van der Waals surface area contributed by atoms with Crippen LogP contribution in [0, 0.1) is 5.92 Å². The third-order valence-corrected chi connectivity index (χ3v) is 5.18. The van der Waals surface area contributed by atoms with Crippen LogP contribution in [0.1, 0.15) is 39.2 Å². The van der Waals surface area contributed by atoms with Crippen molar-refractivity contribution >= 4 is 17.2 Å². The van der Waals surface area contributed by atoms with E-state index < -0.39 is 0 Å². The molecular weight excluding hydrogens is 280 g/mol. The Labute approximate surface area is 129 Å². The average Bonchev–Trinajstić information content (AvgIpc) is 2.91. The van der Waals surface area contributed by atoms with Crippen molar-refractivity contribution in [3.05, 3.63) is 51.5 Å². The second-order valence-electron chi connectivity index (χ2n) is 5.73. The van der Waals surface area contributed by atoms with Gasteiger partial charge < -0.3 is 5.32 Å². The number of carbonyl (C=O) groups is 1. The minimum atomic E-state index is 0.0537. The Morgan fingerprint density at radius 1 is 1.48 bits per heavy atom. The van der Waals surface area contributed by atoms with Gasteiger partial charge in [-0.2, -0.15) is 0 Å². The standard InChI is InChI=1S/C17H20N2OS/c1-12-5-6-15-13(10-12)11-16(21-15)17(20)19-9-7-14-4-2-3-8-18-14/h2-4,8,11-12H,5-7,9-10H2,1H3,(H,19,20)/t12-/m0/s1. The lowest BCUT2D eigenvalue weighted by molar-refractivity contribution is 0.0958. The highest BCUT2D eigenvalue weighted by molar-refractivity contribution is 7.14. The number of pyridine rings is 1.